The number of piperazine rings is 1. The molecule has 0 unspecified atom stereocenters. The van der Waals surface area contributed by atoms with Crippen molar-refractivity contribution in [2.75, 3.05) is 51.3 Å². The Morgan fingerprint density at radius 1 is 0.939 bits per heavy atom. The van der Waals surface area contributed by atoms with Crippen molar-refractivity contribution in [3.63, 3.8) is 0 Å². The molecule has 7 nitrogen and oxygen atoms in total. The summed E-state index contributed by atoms with van der Waals surface area (Å²) in [5.41, 5.74) is 1.06. The Balaban J connectivity index is 1.34. The molecule has 0 aromatic heterocycles. The van der Waals surface area contributed by atoms with Gasteiger partial charge < -0.3 is 14.5 Å². The molecule has 0 aliphatic carbocycles. The quantitative estimate of drug-likeness (QED) is 0.611. The molecular weight excluding hydrogens is 485 g/mol. The van der Waals surface area contributed by atoms with E-state index in [0.29, 0.717) is 36.0 Å². The first kappa shape index (κ1) is 24.1. The summed E-state index contributed by atoms with van der Waals surface area (Å²) in [6, 6.07) is 12.3. The molecule has 0 N–H and O–H groups in total. The van der Waals surface area contributed by atoms with Crippen LogP contribution in [-0.4, -0.2) is 69.9 Å². The van der Waals surface area contributed by atoms with Crippen molar-refractivity contribution in [2.24, 2.45) is 5.92 Å². The van der Waals surface area contributed by atoms with Crippen molar-refractivity contribution in [3.05, 3.63) is 52.5 Å². The van der Waals surface area contributed by atoms with E-state index >= 15 is 0 Å². The maximum Gasteiger partial charge on any atom is 0.246 e. The average Bonchev–Trinajstić information content (AvgIpc) is 2.84. The highest BCUT2D eigenvalue weighted by atomic mass is 35.5. The van der Waals surface area contributed by atoms with Gasteiger partial charge in [0.15, 0.2) is 0 Å². The number of piperidine rings is 1. The summed E-state index contributed by atoms with van der Waals surface area (Å²) in [7, 11) is -2.33. The van der Waals surface area contributed by atoms with Crippen LogP contribution >= 0.6 is 23.2 Å². The van der Waals surface area contributed by atoms with E-state index in [0.717, 1.165) is 18.8 Å². The van der Waals surface area contributed by atoms with Crippen molar-refractivity contribution >= 4 is 44.8 Å². The van der Waals surface area contributed by atoms with Gasteiger partial charge in [0.2, 0.25) is 15.9 Å². The van der Waals surface area contributed by atoms with Gasteiger partial charge in [0.25, 0.3) is 0 Å². The Bertz CT molecular complexity index is 1110. The number of ether oxygens (including phenoxy) is 1. The molecule has 0 bridgehead atoms. The van der Waals surface area contributed by atoms with Gasteiger partial charge in [-0.1, -0.05) is 29.3 Å². The highest BCUT2D eigenvalue weighted by molar-refractivity contribution is 7.89. The molecule has 0 spiro atoms. The van der Waals surface area contributed by atoms with Gasteiger partial charge in [-0.05, 0) is 49.2 Å². The lowest BCUT2D eigenvalue weighted by Crippen LogP contribution is -2.52. The third-order valence-electron chi connectivity index (χ3n) is 6.31. The molecule has 1 amide bonds. The fourth-order valence-electron chi connectivity index (χ4n) is 4.45. The van der Waals surface area contributed by atoms with Gasteiger partial charge >= 0.3 is 0 Å². The molecule has 0 saturated carbocycles. The second-order valence-electron chi connectivity index (χ2n) is 8.27. The molecule has 2 aromatic carbocycles. The first-order chi connectivity index (χ1) is 15.8. The van der Waals surface area contributed by atoms with Gasteiger partial charge in [-0.2, -0.15) is 4.31 Å². The minimum absolute atomic E-state index is 0.0550. The van der Waals surface area contributed by atoms with Crippen molar-refractivity contribution in [1.82, 2.24) is 9.21 Å². The molecule has 2 fully saturated rings. The Hall–Kier alpha value is -2.00. The standard InChI is InChI=1S/C23H27Cl2N3O4S/c1-32-21-6-5-19(25)16-22(21)33(30,31)28-9-7-17(8-10-28)23(29)27-13-11-26(12-14-27)20-4-2-3-18(24)15-20/h2-6,15-17H,7-14H2,1H3. The lowest BCUT2D eigenvalue weighted by Gasteiger charge is -2.39. The van der Waals surface area contributed by atoms with E-state index in [-0.39, 0.29) is 35.6 Å². The van der Waals surface area contributed by atoms with Crippen LogP contribution in [0.3, 0.4) is 0 Å². The van der Waals surface area contributed by atoms with Crippen LogP contribution in [0.5, 0.6) is 5.75 Å². The number of rotatable bonds is 5. The maximum absolute atomic E-state index is 13.2. The SMILES string of the molecule is COc1ccc(Cl)cc1S(=O)(=O)N1CCC(C(=O)N2CCN(c3cccc(Cl)c3)CC2)CC1. The second-order valence-corrected chi connectivity index (χ2v) is 11.0. The van der Waals surface area contributed by atoms with Gasteiger partial charge in [-0.15, -0.1) is 0 Å². The van der Waals surface area contributed by atoms with Crippen LogP contribution in [0.2, 0.25) is 10.0 Å². The summed E-state index contributed by atoms with van der Waals surface area (Å²) >= 11 is 12.1. The van der Waals surface area contributed by atoms with Crippen LogP contribution in [0.25, 0.3) is 0 Å². The lowest BCUT2D eigenvalue weighted by molar-refractivity contribution is -0.137. The highest BCUT2D eigenvalue weighted by Gasteiger charge is 2.36. The zero-order chi connectivity index (χ0) is 23.6. The van der Waals surface area contributed by atoms with E-state index in [1.54, 1.807) is 12.1 Å². The number of carbonyl (C=O) groups excluding carboxylic acids is 1. The molecule has 2 heterocycles. The van der Waals surface area contributed by atoms with Gasteiger partial charge in [0, 0.05) is 60.9 Å². The minimum Gasteiger partial charge on any atom is -0.495 e. The number of benzene rings is 2. The second kappa shape index (κ2) is 10.1. The molecule has 2 aliphatic rings. The number of hydrogen-bond acceptors (Lipinski definition) is 5. The zero-order valence-corrected chi connectivity index (χ0v) is 20.7. The number of sulfonamides is 1. The topological polar surface area (TPSA) is 70.2 Å². The predicted molar refractivity (Wildman–Crippen MR) is 130 cm³/mol. The molecule has 2 saturated heterocycles. The van der Waals surface area contributed by atoms with Crippen LogP contribution in [-0.2, 0) is 14.8 Å². The Kier molecular flexibility index (Phi) is 7.38. The number of hydrogen-bond donors (Lipinski definition) is 0. The normalized spacial score (nSPS) is 18.4. The fraction of sp³-hybridized carbons (Fsp3) is 0.435. The molecule has 0 radical (unpaired) electrons. The summed E-state index contributed by atoms with van der Waals surface area (Å²) in [6.45, 7) is 3.35. The molecule has 10 heteroatoms. The van der Waals surface area contributed by atoms with Crippen LogP contribution in [0.15, 0.2) is 47.4 Å². The third-order valence-corrected chi connectivity index (χ3v) is 8.70. The summed E-state index contributed by atoms with van der Waals surface area (Å²) in [5.74, 6) is 0.198. The van der Waals surface area contributed by atoms with E-state index < -0.39 is 10.0 Å². The van der Waals surface area contributed by atoms with Gasteiger partial charge in [-0.25, -0.2) is 8.42 Å². The number of amides is 1. The minimum atomic E-state index is -3.76. The number of carbonyl (C=O) groups is 1. The van der Waals surface area contributed by atoms with E-state index in [1.165, 1.54) is 17.5 Å². The molecular formula is C23H27Cl2N3O4S. The van der Waals surface area contributed by atoms with E-state index in [9.17, 15) is 13.2 Å². The molecule has 0 atom stereocenters. The van der Waals surface area contributed by atoms with Crippen LogP contribution in [0.1, 0.15) is 12.8 Å². The first-order valence-electron chi connectivity index (χ1n) is 10.9. The largest absolute Gasteiger partial charge is 0.495 e. The van der Waals surface area contributed by atoms with Crippen molar-refractivity contribution < 1.29 is 17.9 Å². The summed E-state index contributed by atoms with van der Waals surface area (Å²) in [4.78, 5) is 17.3. The number of halogens is 2. The number of nitrogens with zero attached hydrogens (tertiary/aromatic N) is 3. The summed E-state index contributed by atoms with van der Waals surface area (Å²) in [5, 5.41) is 1.03. The molecule has 2 aliphatic heterocycles. The average molecular weight is 512 g/mol. The Morgan fingerprint density at radius 3 is 2.24 bits per heavy atom. The molecule has 4 rings (SSSR count). The van der Waals surface area contributed by atoms with Crippen molar-refractivity contribution in [2.45, 2.75) is 17.7 Å². The van der Waals surface area contributed by atoms with Crippen LogP contribution < -0.4 is 9.64 Å². The third kappa shape index (κ3) is 5.24. The van der Waals surface area contributed by atoms with E-state index in [4.69, 9.17) is 27.9 Å². The molecule has 2 aromatic rings. The summed E-state index contributed by atoms with van der Waals surface area (Å²) < 4.78 is 33.0. The highest BCUT2D eigenvalue weighted by Crippen LogP contribution is 2.32. The van der Waals surface area contributed by atoms with Crippen LogP contribution in [0.4, 0.5) is 5.69 Å². The number of methoxy groups -OCH3 is 1. The van der Waals surface area contributed by atoms with Gasteiger partial charge in [0.1, 0.15) is 10.6 Å². The monoisotopic (exact) mass is 511 g/mol. The van der Waals surface area contributed by atoms with Crippen molar-refractivity contribution in [1.29, 1.82) is 0 Å². The summed E-state index contributed by atoms with van der Waals surface area (Å²) in [6.07, 6.45) is 0.991. The van der Waals surface area contributed by atoms with Gasteiger partial charge in [-0.3, -0.25) is 4.79 Å². The smallest absolute Gasteiger partial charge is 0.246 e. The zero-order valence-electron chi connectivity index (χ0n) is 18.4. The molecule has 33 heavy (non-hydrogen) atoms. The van der Waals surface area contributed by atoms with Crippen LogP contribution in [0, 0.1) is 5.92 Å². The lowest BCUT2D eigenvalue weighted by atomic mass is 9.96. The van der Waals surface area contributed by atoms with Crippen molar-refractivity contribution in [3.8, 4) is 5.75 Å². The molecule has 178 valence electrons. The first-order valence-corrected chi connectivity index (χ1v) is 13.1. The predicted octanol–water partition coefficient (Wildman–Crippen LogP) is 3.75. The number of anilines is 1. The van der Waals surface area contributed by atoms with E-state index in [2.05, 4.69) is 4.90 Å². The Morgan fingerprint density at radius 2 is 1.61 bits per heavy atom. The van der Waals surface area contributed by atoms with Gasteiger partial charge in [0.05, 0.1) is 7.11 Å². The fourth-order valence-corrected chi connectivity index (χ4v) is 6.52. The Labute approximate surface area is 204 Å². The van der Waals surface area contributed by atoms with E-state index in [1.807, 2.05) is 29.2 Å². The maximum atomic E-state index is 13.2.